The normalized spacial score (nSPS) is 10.8. The third-order valence-corrected chi connectivity index (χ3v) is 4.90. The van der Waals surface area contributed by atoms with Crippen LogP contribution in [0.5, 0.6) is 0 Å². The molecule has 0 aromatic carbocycles. The van der Waals surface area contributed by atoms with E-state index in [1.54, 1.807) is 19.2 Å². The third kappa shape index (κ3) is 4.62. The molecule has 142 valence electrons. The van der Waals surface area contributed by atoms with Crippen molar-refractivity contribution in [2.75, 3.05) is 11.9 Å². The summed E-state index contributed by atoms with van der Waals surface area (Å²) >= 11 is 1.36. The van der Waals surface area contributed by atoms with E-state index in [2.05, 4.69) is 20.8 Å². The standard InChI is InChI=1S/C18H22N6O2S/c1-12-10-13(2)24(21-12)8-5-7-19-17(25)14-11-16(23(3)22-14)20-18(26)15-6-4-9-27-15/h4,6,9-11H,5,7-8H2,1-3H3,(H,19,25)(H,20,26). The van der Waals surface area contributed by atoms with Crippen LogP contribution in [0, 0.1) is 13.8 Å². The molecule has 0 radical (unpaired) electrons. The average Bonchev–Trinajstić information content (AvgIpc) is 3.34. The first-order chi connectivity index (χ1) is 12.9. The monoisotopic (exact) mass is 386 g/mol. The van der Waals surface area contributed by atoms with Crippen LogP contribution in [0.25, 0.3) is 0 Å². The minimum Gasteiger partial charge on any atom is -0.351 e. The number of hydrogen-bond donors (Lipinski definition) is 2. The number of carbonyl (C=O) groups excluding carboxylic acids is 2. The SMILES string of the molecule is Cc1cc(C)n(CCCNC(=O)c2cc(NC(=O)c3cccs3)n(C)n2)n1. The molecule has 0 atom stereocenters. The minimum atomic E-state index is -0.268. The Balaban J connectivity index is 1.51. The van der Waals surface area contributed by atoms with Gasteiger partial charge >= 0.3 is 0 Å². The second-order valence-corrected chi connectivity index (χ2v) is 7.18. The zero-order chi connectivity index (χ0) is 19.4. The summed E-state index contributed by atoms with van der Waals surface area (Å²) in [7, 11) is 1.68. The van der Waals surface area contributed by atoms with Crippen LogP contribution in [0.2, 0.25) is 0 Å². The quantitative estimate of drug-likeness (QED) is 0.610. The Morgan fingerprint density at radius 3 is 2.67 bits per heavy atom. The highest BCUT2D eigenvalue weighted by molar-refractivity contribution is 7.12. The minimum absolute atomic E-state index is 0.218. The number of amides is 2. The molecule has 3 heterocycles. The molecule has 0 bridgehead atoms. The van der Waals surface area contributed by atoms with Crippen LogP contribution in [-0.4, -0.2) is 37.9 Å². The van der Waals surface area contributed by atoms with Crippen LogP contribution in [0.3, 0.4) is 0 Å². The maximum Gasteiger partial charge on any atom is 0.271 e. The Bertz CT molecular complexity index is 941. The highest BCUT2D eigenvalue weighted by Crippen LogP contribution is 2.14. The molecule has 0 aliphatic carbocycles. The van der Waals surface area contributed by atoms with Gasteiger partial charge in [-0.25, -0.2) is 0 Å². The molecule has 0 fully saturated rings. The molecule has 3 aromatic rings. The Kier molecular flexibility index (Phi) is 5.70. The van der Waals surface area contributed by atoms with Crippen molar-refractivity contribution in [1.82, 2.24) is 24.9 Å². The second-order valence-electron chi connectivity index (χ2n) is 6.23. The number of anilines is 1. The molecule has 8 nitrogen and oxygen atoms in total. The van der Waals surface area contributed by atoms with Gasteiger partial charge in [-0.3, -0.25) is 19.0 Å². The molecule has 0 saturated carbocycles. The van der Waals surface area contributed by atoms with Crippen molar-refractivity contribution < 1.29 is 9.59 Å². The van der Waals surface area contributed by atoms with E-state index in [1.807, 2.05) is 36.0 Å². The number of aryl methyl sites for hydroxylation is 4. The summed E-state index contributed by atoms with van der Waals surface area (Å²) in [5.41, 5.74) is 2.36. The van der Waals surface area contributed by atoms with Crippen molar-refractivity contribution in [3.63, 3.8) is 0 Å². The van der Waals surface area contributed by atoms with Gasteiger partial charge in [0.25, 0.3) is 11.8 Å². The lowest BCUT2D eigenvalue weighted by Gasteiger charge is -2.05. The fourth-order valence-electron chi connectivity index (χ4n) is 2.70. The second kappa shape index (κ2) is 8.17. The van der Waals surface area contributed by atoms with E-state index in [0.717, 1.165) is 24.4 Å². The number of rotatable bonds is 7. The number of carbonyl (C=O) groups is 2. The fourth-order valence-corrected chi connectivity index (χ4v) is 3.32. The zero-order valence-electron chi connectivity index (χ0n) is 15.5. The number of hydrogen-bond acceptors (Lipinski definition) is 5. The molecule has 0 aliphatic heterocycles. The van der Waals surface area contributed by atoms with Gasteiger partial charge in [-0.1, -0.05) is 6.07 Å². The summed E-state index contributed by atoms with van der Waals surface area (Å²) in [6.45, 7) is 5.23. The van der Waals surface area contributed by atoms with E-state index in [0.29, 0.717) is 17.2 Å². The molecule has 0 aliphatic rings. The van der Waals surface area contributed by atoms with E-state index < -0.39 is 0 Å². The molecule has 0 saturated heterocycles. The Morgan fingerprint density at radius 2 is 2.00 bits per heavy atom. The summed E-state index contributed by atoms with van der Waals surface area (Å²) in [6.07, 6.45) is 0.766. The summed E-state index contributed by atoms with van der Waals surface area (Å²) in [4.78, 5) is 25.0. The highest BCUT2D eigenvalue weighted by Gasteiger charge is 2.15. The molecule has 0 spiro atoms. The Hall–Kier alpha value is -2.94. The van der Waals surface area contributed by atoms with E-state index in [4.69, 9.17) is 0 Å². The van der Waals surface area contributed by atoms with Crippen molar-refractivity contribution >= 4 is 29.0 Å². The number of nitrogens with zero attached hydrogens (tertiary/aromatic N) is 4. The molecule has 0 unspecified atom stereocenters. The van der Waals surface area contributed by atoms with Crippen molar-refractivity contribution in [2.45, 2.75) is 26.8 Å². The van der Waals surface area contributed by atoms with Gasteiger partial charge in [0.15, 0.2) is 5.69 Å². The lowest BCUT2D eigenvalue weighted by Crippen LogP contribution is -2.26. The third-order valence-electron chi connectivity index (χ3n) is 4.03. The van der Waals surface area contributed by atoms with Crippen molar-refractivity contribution in [3.8, 4) is 0 Å². The molecule has 2 N–H and O–H groups in total. The molecule has 2 amide bonds. The fraction of sp³-hybridized carbons (Fsp3) is 0.333. The zero-order valence-corrected chi connectivity index (χ0v) is 16.3. The van der Waals surface area contributed by atoms with Gasteiger partial charge in [0.05, 0.1) is 10.6 Å². The summed E-state index contributed by atoms with van der Waals surface area (Å²) in [5, 5.41) is 16.0. The highest BCUT2D eigenvalue weighted by atomic mass is 32.1. The van der Waals surface area contributed by atoms with Gasteiger partial charge in [0.2, 0.25) is 0 Å². The van der Waals surface area contributed by atoms with Gasteiger partial charge in [0.1, 0.15) is 5.82 Å². The van der Waals surface area contributed by atoms with Gasteiger partial charge in [0, 0.05) is 31.9 Å². The topological polar surface area (TPSA) is 93.8 Å². The lowest BCUT2D eigenvalue weighted by molar-refractivity contribution is 0.0946. The number of thiophene rings is 1. The van der Waals surface area contributed by atoms with Crippen molar-refractivity contribution in [2.24, 2.45) is 7.05 Å². The molecule has 9 heteroatoms. The maximum absolute atomic E-state index is 12.3. The van der Waals surface area contributed by atoms with Gasteiger partial charge < -0.3 is 10.6 Å². The summed E-state index contributed by atoms with van der Waals surface area (Å²) in [6, 6.07) is 7.15. The summed E-state index contributed by atoms with van der Waals surface area (Å²) in [5.74, 6) is -0.0124. The van der Waals surface area contributed by atoms with Gasteiger partial charge in [-0.05, 0) is 37.8 Å². The first kappa shape index (κ1) is 18.8. The summed E-state index contributed by atoms with van der Waals surface area (Å²) < 4.78 is 3.41. The van der Waals surface area contributed by atoms with Crippen LogP contribution < -0.4 is 10.6 Å². The molecule has 3 rings (SSSR count). The molecule has 27 heavy (non-hydrogen) atoms. The predicted molar refractivity (Wildman–Crippen MR) is 104 cm³/mol. The van der Waals surface area contributed by atoms with E-state index in [9.17, 15) is 9.59 Å². The largest absolute Gasteiger partial charge is 0.351 e. The van der Waals surface area contributed by atoms with E-state index in [-0.39, 0.29) is 17.5 Å². The maximum atomic E-state index is 12.3. The van der Waals surface area contributed by atoms with E-state index >= 15 is 0 Å². The predicted octanol–water partition coefficient (Wildman–Crippen LogP) is 2.37. The molecular formula is C18H22N6O2S. The first-order valence-electron chi connectivity index (χ1n) is 8.62. The van der Waals surface area contributed by atoms with Crippen LogP contribution in [0.1, 0.15) is 38.0 Å². The van der Waals surface area contributed by atoms with Crippen molar-refractivity contribution in [3.05, 3.63) is 51.6 Å². The van der Waals surface area contributed by atoms with Crippen molar-refractivity contribution in [1.29, 1.82) is 0 Å². The van der Waals surface area contributed by atoms with Gasteiger partial charge in [-0.15, -0.1) is 11.3 Å². The number of aromatic nitrogens is 4. The Labute approximate surface area is 161 Å². The average molecular weight is 386 g/mol. The van der Waals surface area contributed by atoms with Crippen LogP contribution in [0.4, 0.5) is 5.82 Å². The Morgan fingerprint density at radius 1 is 1.19 bits per heavy atom. The van der Waals surface area contributed by atoms with Crippen LogP contribution >= 0.6 is 11.3 Å². The number of nitrogens with one attached hydrogen (secondary N) is 2. The van der Waals surface area contributed by atoms with E-state index in [1.165, 1.54) is 16.0 Å². The van der Waals surface area contributed by atoms with Crippen LogP contribution in [-0.2, 0) is 13.6 Å². The molecule has 3 aromatic heterocycles. The first-order valence-corrected chi connectivity index (χ1v) is 9.50. The van der Waals surface area contributed by atoms with Gasteiger partial charge in [-0.2, -0.15) is 10.2 Å². The lowest BCUT2D eigenvalue weighted by atomic mass is 10.3. The smallest absolute Gasteiger partial charge is 0.271 e. The molecular weight excluding hydrogens is 364 g/mol. The van der Waals surface area contributed by atoms with Crippen LogP contribution in [0.15, 0.2) is 29.6 Å².